The fourth-order valence-electron chi connectivity index (χ4n) is 2.41. The first-order valence-electron chi connectivity index (χ1n) is 5.61. The van der Waals surface area contributed by atoms with Crippen LogP contribution in [0.5, 0.6) is 0 Å². The van der Waals surface area contributed by atoms with Crippen molar-refractivity contribution in [1.82, 2.24) is 4.90 Å². The fourth-order valence-corrected chi connectivity index (χ4v) is 3.37. The molecule has 14 heavy (non-hydrogen) atoms. The molecule has 2 heterocycles. The molecule has 2 heteroatoms. The molecule has 1 aromatic rings. The monoisotopic (exact) mass is 209 g/mol. The number of fused-ring (bicyclic) bond motifs is 2. The minimum absolute atomic E-state index is 0.494. The molecule has 78 valence electrons. The highest BCUT2D eigenvalue weighted by molar-refractivity contribution is 7.10. The van der Waals surface area contributed by atoms with Crippen LogP contribution in [0.25, 0.3) is 0 Å². The summed E-state index contributed by atoms with van der Waals surface area (Å²) >= 11 is 1.94. The standard InChI is InChI=1S/C10H13NS.C2H6/c1-11-6-2-9-8(3-7-12-9)10(11)4-5-10;1-2/h3,7H,2,4-6H2,1H3;1-2H3. The first-order chi connectivity index (χ1) is 6.83. The van der Waals surface area contributed by atoms with Crippen LogP contribution >= 0.6 is 11.3 Å². The summed E-state index contributed by atoms with van der Waals surface area (Å²) in [6.45, 7) is 5.26. The van der Waals surface area contributed by atoms with Gasteiger partial charge in [-0.05, 0) is 43.3 Å². The van der Waals surface area contributed by atoms with Gasteiger partial charge in [0, 0.05) is 17.0 Å². The summed E-state index contributed by atoms with van der Waals surface area (Å²) in [7, 11) is 2.27. The van der Waals surface area contributed by atoms with E-state index in [-0.39, 0.29) is 0 Å². The molecule has 0 atom stereocenters. The van der Waals surface area contributed by atoms with Crippen molar-refractivity contribution in [2.75, 3.05) is 13.6 Å². The first-order valence-corrected chi connectivity index (χ1v) is 6.49. The fraction of sp³-hybridized carbons (Fsp3) is 0.667. The number of rotatable bonds is 0. The third-order valence-electron chi connectivity index (χ3n) is 3.38. The smallest absolute Gasteiger partial charge is 0.0470 e. The highest BCUT2D eigenvalue weighted by Crippen LogP contribution is 2.54. The number of thiophene rings is 1. The molecule has 0 aromatic carbocycles. The Hall–Kier alpha value is -0.340. The summed E-state index contributed by atoms with van der Waals surface area (Å²) in [5, 5.41) is 2.25. The summed E-state index contributed by atoms with van der Waals surface area (Å²) in [5.41, 5.74) is 2.13. The molecule has 1 aromatic heterocycles. The van der Waals surface area contributed by atoms with Crippen molar-refractivity contribution in [3.63, 3.8) is 0 Å². The molecule has 0 saturated heterocycles. The minimum Gasteiger partial charge on any atom is -0.296 e. The van der Waals surface area contributed by atoms with Crippen molar-refractivity contribution >= 4 is 11.3 Å². The second-order valence-electron chi connectivity index (χ2n) is 3.96. The number of likely N-dealkylation sites (N-methyl/N-ethyl adjacent to an activating group) is 1. The van der Waals surface area contributed by atoms with Gasteiger partial charge in [0.15, 0.2) is 0 Å². The minimum atomic E-state index is 0.494. The van der Waals surface area contributed by atoms with Gasteiger partial charge in [-0.1, -0.05) is 13.8 Å². The lowest BCUT2D eigenvalue weighted by Gasteiger charge is -2.32. The van der Waals surface area contributed by atoms with Crippen molar-refractivity contribution in [1.29, 1.82) is 0 Å². The topological polar surface area (TPSA) is 3.24 Å². The van der Waals surface area contributed by atoms with Crippen LogP contribution in [0.4, 0.5) is 0 Å². The van der Waals surface area contributed by atoms with E-state index in [4.69, 9.17) is 0 Å². The Kier molecular flexibility index (Phi) is 2.67. The maximum Gasteiger partial charge on any atom is 0.0470 e. The van der Waals surface area contributed by atoms with Crippen molar-refractivity contribution in [2.45, 2.75) is 38.6 Å². The van der Waals surface area contributed by atoms with Gasteiger partial charge in [0.2, 0.25) is 0 Å². The zero-order valence-corrected chi connectivity index (χ0v) is 10.2. The van der Waals surface area contributed by atoms with E-state index in [1.165, 1.54) is 25.8 Å². The molecule has 1 fully saturated rings. The predicted molar refractivity (Wildman–Crippen MR) is 62.9 cm³/mol. The van der Waals surface area contributed by atoms with Crippen LogP contribution in [-0.2, 0) is 12.0 Å². The molecule has 0 radical (unpaired) electrons. The van der Waals surface area contributed by atoms with E-state index in [0.717, 1.165) is 0 Å². The van der Waals surface area contributed by atoms with Crippen LogP contribution in [0.15, 0.2) is 11.4 Å². The van der Waals surface area contributed by atoms with Crippen LogP contribution in [0.3, 0.4) is 0 Å². The van der Waals surface area contributed by atoms with E-state index in [9.17, 15) is 0 Å². The molecule has 0 unspecified atom stereocenters. The summed E-state index contributed by atoms with van der Waals surface area (Å²) < 4.78 is 0. The highest BCUT2D eigenvalue weighted by Gasteiger charge is 2.50. The van der Waals surface area contributed by atoms with E-state index in [2.05, 4.69) is 23.4 Å². The van der Waals surface area contributed by atoms with E-state index >= 15 is 0 Å². The molecule has 0 amide bonds. The van der Waals surface area contributed by atoms with Gasteiger partial charge in [-0.25, -0.2) is 0 Å². The Bertz CT molecular complexity index is 312. The van der Waals surface area contributed by atoms with Crippen LogP contribution in [-0.4, -0.2) is 18.5 Å². The molecule has 1 saturated carbocycles. The third-order valence-corrected chi connectivity index (χ3v) is 4.36. The lowest BCUT2D eigenvalue weighted by molar-refractivity contribution is 0.210. The highest BCUT2D eigenvalue weighted by atomic mass is 32.1. The van der Waals surface area contributed by atoms with Gasteiger partial charge in [0.05, 0.1) is 0 Å². The first kappa shape index (κ1) is 10.2. The molecule has 1 spiro atoms. The molecule has 1 nitrogen and oxygen atoms in total. The van der Waals surface area contributed by atoms with Crippen LogP contribution in [0, 0.1) is 0 Å². The van der Waals surface area contributed by atoms with Crippen molar-refractivity contribution < 1.29 is 0 Å². The molecule has 0 bridgehead atoms. The van der Waals surface area contributed by atoms with Gasteiger partial charge in [0.25, 0.3) is 0 Å². The molecule has 1 aliphatic carbocycles. The molecule has 1 aliphatic heterocycles. The Balaban J connectivity index is 0.000000354. The Morgan fingerprint density at radius 1 is 1.36 bits per heavy atom. The maximum atomic E-state index is 2.54. The summed E-state index contributed by atoms with van der Waals surface area (Å²) in [4.78, 5) is 4.19. The van der Waals surface area contributed by atoms with Crippen LogP contribution in [0.2, 0.25) is 0 Å². The molecule has 3 rings (SSSR count). The van der Waals surface area contributed by atoms with E-state index < -0.39 is 0 Å². The van der Waals surface area contributed by atoms with Gasteiger partial charge in [-0.15, -0.1) is 11.3 Å². The molecule has 2 aliphatic rings. The summed E-state index contributed by atoms with van der Waals surface area (Å²) in [6.07, 6.45) is 4.03. The van der Waals surface area contributed by atoms with Gasteiger partial charge < -0.3 is 0 Å². The Morgan fingerprint density at radius 2 is 2.07 bits per heavy atom. The third kappa shape index (κ3) is 1.32. The van der Waals surface area contributed by atoms with Crippen molar-refractivity contribution in [2.24, 2.45) is 0 Å². The normalized spacial score (nSPS) is 22.5. The molecular formula is C12H19NS. The summed E-state index contributed by atoms with van der Waals surface area (Å²) in [6, 6.07) is 2.34. The number of nitrogens with zero attached hydrogens (tertiary/aromatic N) is 1. The second-order valence-corrected chi connectivity index (χ2v) is 4.96. The van der Waals surface area contributed by atoms with E-state index in [1.807, 2.05) is 25.2 Å². The van der Waals surface area contributed by atoms with Crippen LogP contribution < -0.4 is 0 Å². The zero-order chi connectivity index (χ0) is 10.2. The predicted octanol–water partition coefficient (Wildman–Crippen LogP) is 3.25. The second kappa shape index (κ2) is 3.67. The van der Waals surface area contributed by atoms with Gasteiger partial charge in [-0.3, -0.25) is 4.90 Å². The van der Waals surface area contributed by atoms with Gasteiger partial charge in [0.1, 0.15) is 0 Å². The van der Waals surface area contributed by atoms with Crippen LogP contribution in [0.1, 0.15) is 37.1 Å². The average molecular weight is 209 g/mol. The SMILES string of the molecule is CC.CN1CCc2sccc2C12CC2. The lowest BCUT2D eigenvalue weighted by Crippen LogP contribution is -2.37. The van der Waals surface area contributed by atoms with Crippen molar-refractivity contribution in [3.8, 4) is 0 Å². The zero-order valence-electron chi connectivity index (χ0n) is 9.34. The summed E-state index contributed by atoms with van der Waals surface area (Å²) in [5.74, 6) is 0. The number of hydrogen-bond acceptors (Lipinski definition) is 2. The quantitative estimate of drug-likeness (QED) is 0.634. The van der Waals surface area contributed by atoms with Gasteiger partial charge >= 0.3 is 0 Å². The molecular weight excluding hydrogens is 190 g/mol. The molecule has 0 N–H and O–H groups in total. The van der Waals surface area contributed by atoms with E-state index in [0.29, 0.717) is 5.54 Å². The lowest BCUT2D eigenvalue weighted by atomic mass is 9.98. The maximum absolute atomic E-state index is 2.54. The number of hydrogen-bond donors (Lipinski definition) is 0. The Morgan fingerprint density at radius 3 is 2.71 bits per heavy atom. The average Bonchev–Trinajstić information content (AvgIpc) is 2.87. The Labute approximate surface area is 90.7 Å². The largest absolute Gasteiger partial charge is 0.296 e. The van der Waals surface area contributed by atoms with Gasteiger partial charge in [-0.2, -0.15) is 0 Å². The van der Waals surface area contributed by atoms with E-state index in [1.54, 1.807) is 10.4 Å². The van der Waals surface area contributed by atoms with Crippen molar-refractivity contribution in [3.05, 3.63) is 21.9 Å².